The van der Waals surface area contributed by atoms with Gasteiger partial charge >= 0.3 is 0 Å². The first-order valence-electron chi connectivity index (χ1n) is 6.55. The molecule has 1 unspecified atom stereocenters. The number of aryl methyl sites for hydroxylation is 1. The Balaban J connectivity index is 2.85. The van der Waals surface area contributed by atoms with Crippen LogP contribution in [-0.2, 0) is 0 Å². The molecular formula is C14H23N3O2. The summed E-state index contributed by atoms with van der Waals surface area (Å²) >= 11 is 0. The van der Waals surface area contributed by atoms with Crippen LogP contribution in [0.15, 0.2) is 18.2 Å². The Hall–Kier alpha value is -1.62. The van der Waals surface area contributed by atoms with E-state index < -0.39 is 0 Å². The average molecular weight is 265 g/mol. The van der Waals surface area contributed by atoms with Gasteiger partial charge in [0.15, 0.2) is 0 Å². The van der Waals surface area contributed by atoms with Crippen LogP contribution in [-0.4, -0.2) is 24.6 Å². The molecule has 0 spiro atoms. The van der Waals surface area contributed by atoms with Crippen LogP contribution < -0.4 is 10.6 Å². The van der Waals surface area contributed by atoms with Crippen molar-refractivity contribution in [3.05, 3.63) is 33.9 Å². The standard InChI is InChI=1S/C14H23N3O2/c1-10(2)12(15)8-9-16(4)13-7-5-6-11(3)14(13)17(18)19/h5-7,10,12H,8-9,15H2,1-4H3. The highest BCUT2D eigenvalue weighted by Gasteiger charge is 2.20. The van der Waals surface area contributed by atoms with E-state index in [1.54, 1.807) is 19.1 Å². The molecule has 2 N–H and O–H groups in total. The van der Waals surface area contributed by atoms with Gasteiger partial charge in [-0.25, -0.2) is 0 Å². The van der Waals surface area contributed by atoms with Gasteiger partial charge in [0.25, 0.3) is 5.69 Å². The Morgan fingerprint density at radius 3 is 2.58 bits per heavy atom. The van der Waals surface area contributed by atoms with Crippen LogP contribution in [0.4, 0.5) is 11.4 Å². The molecule has 0 heterocycles. The molecule has 0 saturated carbocycles. The van der Waals surface area contributed by atoms with Gasteiger partial charge in [-0.3, -0.25) is 10.1 Å². The van der Waals surface area contributed by atoms with Gasteiger partial charge in [0.2, 0.25) is 0 Å². The van der Waals surface area contributed by atoms with E-state index in [0.29, 0.717) is 23.7 Å². The van der Waals surface area contributed by atoms with E-state index in [4.69, 9.17) is 5.73 Å². The maximum absolute atomic E-state index is 11.1. The largest absolute Gasteiger partial charge is 0.369 e. The van der Waals surface area contributed by atoms with E-state index in [9.17, 15) is 10.1 Å². The van der Waals surface area contributed by atoms with Gasteiger partial charge in [-0.2, -0.15) is 0 Å². The summed E-state index contributed by atoms with van der Waals surface area (Å²) < 4.78 is 0. The van der Waals surface area contributed by atoms with E-state index in [2.05, 4.69) is 13.8 Å². The smallest absolute Gasteiger partial charge is 0.295 e. The number of nitrogens with zero attached hydrogens (tertiary/aromatic N) is 2. The summed E-state index contributed by atoms with van der Waals surface area (Å²) in [5.41, 5.74) is 7.53. The fourth-order valence-electron chi connectivity index (χ4n) is 1.99. The molecule has 5 nitrogen and oxygen atoms in total. The summed E-state index contributed by atoms with van der Waals surface area (Å²) in [5, 5.41) is 11.1. The van der Waals surface area contributed by atoms with Crippen LogP contribution in [0.25, 0.3) is 0 Å². The number of para-hydroxylation sites is 1. The zero-order valence-electron chi connectivity index (χ0n) is 12.1. The Bertz CT molecular complexity index is 446. The molecule has 0 saturated heterocycles. The maximum atomic E-state index is 11.1. The van der Waals surface area contributed by atoms with Crippen LogP contribution in [0.5, 0.6) is 0 Å². The van der Waals surface area contributed by atoms with Gasteiger partial charge in [0.05, 0.1) is 4.92 Å². The van der Waals surface area contributed by atoms with Crippen molar-refractivity contribution in [2.75, 3.05) is 18.5 Å². The minimum atomic E-state index is -0.316. The van der Waals surface area contributed by atoms with Gasteiger partial charge in [0, 0.05) is 25.2 Å². The molecule has 0 aromatic heterocycles. The summed E-state index contributed by atoms with van der Waals surface area (Å²) in [6, 6.07) is 5.50. The van der Waals surface area contributed by atoms with Crippen molar-refractivity contribution in [1.29, 1.82) is 0 Å². The first-order valence-corrected chi connectivity index (χ1v) is 6.55. The maximum Gasteiger partial charge on any atom is 0.295 e. The van der Waals surface area contributed by atoms with Gasteiger partial charge in [-0.15, -0.1) is 0 Å². The highest BCUT2D eigenvalue weighted by Crippen LogP contribution is 2.30. The van der Waals surface area contributed by atoms with E-state index in [1.165, 1.54) is 0 Å². The van der Waals surface area contributed by atoms with E-state index >= 15 is 0 Å². The lowest BCUT2D eigenvalue weighted by atomic mass is 10.0. The van der Waals surface area contributed by atoms with Crippen LogP contribution in [0.1, 0.15) is 25.8 Å². The van der Waals surface area contributed by atoms with Crippen LogP contribution in [0.3, 0.4) is 0 Å². The third-order valence-electron chi connectivity index (χ3n) is 3.46. The molecule has 0 aliphatic carbocycles. The summed E-state index contributed by atoms with van der Waals surface area (Å²) in [7, 11) is 1.87. The van der Waals surface area contributed by atoms with Gasteiger partial charge in [0.1, 0.15) is 5.69 Å². The molecule has 0 bridgehead atoms. The molecule has 1 rings (SSSR count). The average Bonchev–Trinajstić information content (AvgIpc) is 2.34. The van der Waals surface area contributed by atoms with Crippen molar-refractivity contribution in [3.63, 3.8) is 0 Å². The number of rotatable bonds is 6. The third kappa shape index (κ3) is 3.92. The Morgan fingerprint density at radius 1 is 1.42 bits per heavy atom. The fourth-order valence-corrected chi connectivity index (χ4v) is 1.99. The Kier molecular flexibility index (Phi) is 5.30. The highest BCUT2D eigenvalue weighted by atomic mass is 16.6. The van der Waals surface area contributed by atoms with Crippen molar-refractivity contribution >= 4 is 11.4 Å². The number of hydrogen-bond donors (Lipinski definition) is 1. The molecule has 0 fully saturated rings. The molecule has 1 aromatic carbocycles. The summed E-state index contributed by atoms with van der Waals surface area (Å²) in [6.45, 7) is 6.64. The highest BCUT2D eigenvalue weighted by molar-refractivity contribution is 5.66. The molecule has 0 aliphatic rings. The molecule has 19 heavy (non-hydrogen) atoms. The number of nitro groups is 1. The first kappa shape index (κ1) is 15.4. The number of benzene rings is 1. The number of hydrogen-bond acceptors (Lipinski definition) is 4. The predicted molar refractivity (Wildman–Crippen MR) is 78.5 cm³/mol. The zero-order valence-corrected chi connectivity index (χ0v) is 12.1. The molecule has 0 amide bonds. The second kappa shape index (κ2) is 6.52. The summed E-state index contributed by atoms with van der Waals surface area (Å²) in [6.07, 6.45) is 0.819. The lowest BCUT2D eigenvalue weighted by molar-refractivity contribution is -0.384. The minimum Gasteiger partial charge on any atom is -0.369 e. The minimum absolute atomic E-state index is 0.117. The normalized spacial score (nSPS) is 12.5. The van der Waals surface area contributed by atoms with Crippen molar-refractivity contribution in [2.45, 2.75) is 33.2 Å². The Morgan fingerprint density at radius 2 is 2.05 bits per heavy atom. The van der Waals surface area contributed by atoms with Crippen molar-refractivity contribution in [2.24, 2.45) is 11.7 Å². The molecule has 0 radical (unpaired) electrons. The summed E-state index contributed by atoms with van der Waals surface area (Å²) in [4.78, 5) is 12.7. The molecule has 1 aromatic rings. The summed E-state index contributed by atoms with van der Waals surface area (Å²) in [5.74, 6) is 0.417. The van der Waals surface area contributed by atoms with E-state index in [1.807, 2.05) is 18.0 Å². The quantitative estimate of drug-likeness (QED) is 0.634. The molecule has 106 valence electrons. The van der Waals surface area contributed by atoms with Crippen LogP contribution >= 0.6 is 0 Å². The first-order chi connectivity index (χ1) is 8.84. The molecule has 1 atom stereocenters. The van der Waals surface area contributed by atoms with Gasteiger partial charge < -0.3 is 10.6 Å². The molecule has 0 aliphatic heterocycles. The van der Waals surface area contributed by atoms with Crippen molar-refractivity contribution in [3.8, 4) is 0 Å². The SMILES string of the molecule is Cc1cccc(N(C)CCC(N)C(C)C)c1[N+](=O)[O-]. The lowest BCUT2D eigenvalue weighted by Crippen LogP contribution is -2.32. The van der Waals surface area contributed by atoms with Gasteiger partial charge in [-0.05, 0) is 25.3 Å². The van der Waals surface area contributed by atoms with Crippen molar-refractivity contribution < 1.29 is 4.92 Å². The van der Waals surface area contributed by atoms with Gasteiger partial charge in [-0.1, -0.05) is 26.0 Å². The topological polar surface area (TPSA) is 72.4 Å². The second-order valence-electron chi connectivity index (χ2n) is 5.32. The zero-order chi connectivity index (χ0) is 14.6. The third-order valence-corrected chi connectivity index (χ3v) is 3.46. The number of anilines is 1. The number of nitrogens with two attached hydrogens (primary N) is 1. The predicted octanol–water partition coefficient (Wildman–Crippen LogP) is 2.71. The lowest BCUT2D eigenvalue weighted by Gasteiger charge is -2.23. The van der Waals surface area contributed by atoms with Crippen LogP contribution in [0, 0.1) is 23.0 Å². The molecule has 5 heteroatoms. The van der Waals surface area contributed by atoms with Crippen molar-refractivity contribution in [1.82, 2.24) is 0 Å². The van der Waals surface area contributed by atoms with E-state index in [0.717, 1.165) is 6.42 Å². The van der Waals surface area contributed by atoms with E-state index in [-0.39, 0.29) is 16.7 Å². The van der Waals surface area contributed by atoms with Crippen LogP contribution in [0.2, 0.25) is 0 Å². The molecular weight excluding hydrogens is 242 g/mol. The monoisotopic (exact) mass is 265 g/mol. The Labute approximate surface area is 114 Å². The second-order valence-corrected chi connectivity index (χ2v) is 5.32. The number of nitro benzene ring substituents is 1. The fraction of sp³-hybridized carbons (Fsp3) is 0.571.